The molecule has 7 heteroatoms. The van der Waals surface area contributed by atoms with Crippen LogP contribution in [0.1, 0.15) is 12.8 Å². The molecular weight excluding hydrogens is 224 g/mol. The lowest BCUT2D eigenvalue weighted by molar-refractivity contribution is 0.938. The summed E-state index contributed by atoms with van der Waals surface area (Å²) in [6.45, 7) is 0.897. The Kier molecular flexibility index (Phi) is 3.06. The molecule has 1 aromatic heterocycles. The summed E-state index contributed by atoms with van der Waals surface area (Å²) in [6, 6.07) is 1.74. The molecule has 0 saturated heterocycles. The van der Waals surface area contributed by atoms with Gasteiger partial charge < -0.3 is 16.5 Å². The average Bonchev–Trinajstić information content (AvgIpc) is 3.06. The van der Waals surface area contributed by atoms with Gasteiger partial charge in [-0.15, -0.1) is 0 Å². The number of nitrogen functional groups attached to an aromatic ring is 2. The minimum absolute atomic E-state index is 0.215. The van der Waals surface area contributed by atoms with Crippen LogP contribution >= 0.6 is 11.8 Å². The number of thioether (sulfide) groups is 1. The Morgan fingerprint density at radius 1 is 1.44 bits per heavy atom. The van der Waals surface area contributed by atoms with Crippen molar-refractivity contribution in [2.24, 2.45) is 5.84 Å². The van der Waals surface area contributed by atoms with Crippen molar-refractivity contribution < 1.29 is 0 Å². The molecular formula is C9H16N6S. The maximum Gasteiger partial charge on any atom is 0.223 e. The first-order valence-corrected chi connectivity index (χ1v) is 6.30. The van der Waals surface area contributed by atoms with Crippen LogP contribution < -0.4 is 22.3 Å². The highest BCUT2D eigenvalue weighted by Gasteiger charge is 2.41. The summed E-state index contributed by atoms with van der Waals surface area (Å²) in [4.78, 5) is 8.02. The zero-order valence-corrected chi connectivity index (χ0v) is 9.97. The fourth-order valence-corrected chi connectivity index (χ4v) is 2.20. The molecule has 0 aliphatic heterocycles. The zero-order valence-electron chi connectivity index (χ0n) is 9.16. The predicted octanol–water partition coefficient (Wildman–Crippen LogP) is 0.652. The van der Waals surface area contributed by atoms with Gasteiger partial charge in [-0.05, 0) is 19.1 Å². The third kappa shape index (κ3) is 2.48. The minimum atomic E-state index is 0.215. The summed E-state index contributed by atoms with van der Waals surface area (Å²) in [5.41, 5.74) is 8.02. The predicted molar refractivity (Wildman–Crippen MR) is 68.2 cm³/mol. The van der Waals surface area contributed by atoms with Crippen LogP contribution in [0.15, 0.2) is 6.07 Å². The van der Waals surface area contributed by atoms with E-state index in [-0.39, 0.29) is 5.95 Å². The van der Waals surface area contributed by atoms with Crippen LogP contribution in [0.3, 0.4) is 0 Å². The Balaban J connectivity index is 2.01. The Bertz CT molecular complexity index is 378. The molecule has 1 aromatic rings. The van der Waals surface area contributed by atoms with E-state index < -0.39 is 0 Å². The van der Waals surface area contributed by atoms with Crippen LogP contribution in [0.25, 0.3) is 0 Å². The SMILES string of the molecule is CSC1(CNc2cc(NN)nc(N)n2)CC1. The summed E-state index contributed by atoms with van der Waals surface area (Å²) >= 11 is 1.89. The minimum Gasteiger partial charge on any atom is -0.368 e. The number of nitrogens with two attached hydrogens (primary N) is 2. The molecule has 1 aliphatic rings. The van der Waals surface area contributed by atoms with Crippen molar-refractivity contribution in [3.05, 3.63) is 6.07 Å². The third-order valence-electron chi connectivity index (χ3n) is 2.72. The van der Waals surface area contributed by atoms with E-state index >= 15 is 0 Å². The van der Waals surface area contributed by atoms with E-state index in [9.17, 15) is 0 Å². The molecule has 16 heavy (non-hydrogen) atoms. The zero-order chi connectivity index (χ0) is 11.6. The number of hydrazine groups is 1. The molecule has 6 N–H and O–H groups in total. The second-order valence-corrected chi connectivity index (χ2v) is 5.16. The number of hydrogen-bond acceptors (Lipinski definition) is 7. The first-order valence-electron chi connectivity index (χ1n) is 5.08. The Morgan fingerprint density at radius 2 is 2.12 bits per heavy atom. The van der Waals surface area contributed by atoms with E-state index in [1.54, 1.807) is 6.07 Å². The Morgan fingerprint density at radius 3 is 2.69 bits per heavy atom. The van der Waals surface area contributed by atoms with Crippen molar-refractivity contribution >= 4 is 29.3 Å². The normalized spacial score (nSPS) is 16.9. The molecule has 1 saturated carbocycles. The first-order chi connectivity index (χ1) is 7.67. The van der Waals surface area contributed by atoms with Crippen LogP contribution in [0.5, 0.6) is 0 Å². The lowest BCUT2D eigenvalue weighted by atomic mass is 10.4. The standard InChI is InChI=1S/C9H16N6S/c1-16-9(2-3-9)5-12-6-4-7(15-11)14-8(10)13-6/h4H,2-3,5,11H2,1H3,(H4,10,12,13,14,15). The van der Waals surface area contributed by atoms with Gasteiger partial charge in [-0.25, -0.2) is 5.84 Å². The van der Waals surface area contributed by atoms with Gasteiger partial charge in [0.1, 0.15) is 11.6 Å². The van der Waals surface area contributed by atoms with E-state index in [0.717, 1.165) is 6.54 Å². The molecule has 0 aromatic carbocycles. The lowest BCUT2D eigenvalue weighted by Gasteiger charge is -2.14. The maximum atomic E-state index is 5.56. The summed E-state index contributed by atoms with van der Waals surface area (Å²) in [7, 11) is 0. The van der Waals surface area contributed by atoms with Crippen molar-refractivity contribution in [1.29, 1.82) is 0 Å². The molecule has 2 rings (SSSR count). The molecule has 1 aliphatic carbocycles. The number of rotatable bonds is 5. The van der Waals surface area contributed by atoms with E-state index in [0.29, 0.717) is 16.4 Å². The van der Waals surface area contributed by atoms with E-state index in [1.807, 2.05) is 11.8 Å². The smallest absolute Gasteiger partial charge is 0.223 e. The molecule has 0 amide bonds. The fourth-order valence-electron chi connectivity index (χ4n) is 1.47. The quantitative estimate of drug-likeness (QED) is 0.443. The molecule has 88 valence electrons. The van der Waals surface area contributed by atoms with Crippen molar-refractivity contribution in [1.82, 2.24) is 9.97 Å². The van der Waals surface area contributed by atoms with Gasteiger partial charge in [0, 0.05) is 17.4 Å². The highest BCUT2D eigenvalue weighted by atomic mass is 32.2. The topological polar surface area (TPSA) is 102 Å². The van der Waals surface area contributed by atoms with Crippen molar-refractivity contribution in [2.45, 2.75) is 17.6 Å². The molecule has 0 radical (unpaired) electrons. The molecule has 0 bridgehead atoms. The van der Waals surface area contributed by atoms with E-state index in [1.165, 1.54) is 12.8 Å². The summed E-state index contributed by atoms with van der Waals surface area (Å²) in [5.74, 6) is 6.72. The fraction of sp³-hybridized carbons (Fsp3) is 0.556. The van der Waals surface area contributed by atoms with Crippen LogP contribution in [-0.2, 0) is 0 Å². The van der Waals surface area contributed by atoms with Crippen molar-refractivity contribution in [2.75, 3.05) is 29.3 Å². The molecule has 0 atom stereocenters. The number of nitrogens with zero attached hydrogens (tertiary/aromatic N) is 2. The van der Waals surface area contributed by atoms with Crippen LogP contribution in [0.4, 0.5) is 17.6 Å². The van der Waals surface area contributed by atoms with Gasteiger partial charge in [0.2, 0.25) is 5.95 Å². The first kappa shape index (κ1) is 11.3. The van der Waals surface area contributed by atoms with Gasteiger partial charge in [-0.3, -0.25) is 0 Å². The van der Waals surface area contributed by atoms with E-state index in [2.05, 4.69) is 27.0 Å². The second-order valence-electron chi connectivity index (χ2n) is 3.88. The molecule has 6 nitrogen and oxygen atoms in total. The van der Waals surface area contributed by atoms with Gasteiger partial charge >= 0.3 is 0 Å². The van der Waals surface area contributed by atoms with Gasteiger partial charge in [-0.2, -0.15) is 21.7 Å². The number of hydrogen-bond donors (Lipinski definition) is 4. The monoisotopic (exact) mass is 240 g/mol. The van der Waals surface area contributed by atoms with E-state index in [4.69, 9.17) is 11.6 Å². The highest BCUT2D eigenvalue weighted by molar-refractivity contribution is 8.00. The van der Waals surface area contributed by atoms with Gasteiger partial charge in [0.15, 0.2) is 0 Å². The summed E-state index contributed by atoms with van der Waals surface area (Å²) < 4.78 is 0.385. The molecule has 1 fully saturated rings. The maximum absolute atomic E-state index is 5.56. The average molecular weight is 240 g/mol. The van der Waals surface area contributed by atoms with Crippen molar-refractivity contribution in [3.8, 4) is 0 Å². The largest absolute Gasteiger partial charge is 0.368 e. The molecule has 0 unspecified atom stereocenters. The van der Waals surface area contributed by atoms with Crippen LogP contribution in [0.2, 0.25) is 0 Å². The molecule has 1 heterocycles. The number of aromatic nitrogens is 2. The summed E-state index contributed by atoms with van der Waals surface area (Å²) in [6.07, 6.45) is 4.64. The van der Waals surface area contributed by atoms with Crippen LogP contribution in [0, 0.1) is 0 Å². The van der Waals surface area contributed by atoms with Gasteiger partial charge in [0.25, 0.3) is 0 Å². The number of nitrogens with one attached hydrogen (secondary N) is 2. The molecule has 0 spiro atoms. The van der Waals surface area contributed by atoms with Crippen LogP contribution in [-0.4, -0.2) is 27.5 Å². The van der Waals surface area contributed by atoms with Crippen molar-refractivity contribution in [3.63, 3.8) is 0 Å². The van der Waals surface area contributed by atoms with Gasteiger partial charge in [-0.1, -0.05) is 0 Å². The Hall–Kier alpha value is -1.21. The van der Waals surface area contributed by atoms with Gasteiger partial charge in [0.05, 0.1) is 0 Å². The second kappa shape index (κ2) is 4.34. The number of anilines is 3. The Labute approximate surface area is 98.6 Å². The lowest BCUT2D eigenvalue weighted by Crippen LogP contribution is -2.19. The highest BCUT2D eigenvalue weighted by Crippen LogP contribution is 2.46. The third-order valence-corrected chi connectivity index (χ3v) is 4.14. The summed E-state index contributed by atoms with van der Waals surface area (Å²) in [5, 5.41) is 3.27.